The highest BCUT2D eigenvalue weighted by Crippen LogP contribution is 2.25. The van der Waals surface area contributed by atoms with Gasteiger partial charge in [0.2, 0.25) is 10.0 Å². The molecule has 0 atom stereocenters. The summed E-state index contributed by atoms with van der Waals surface area (Å²) < 4.78 is 26.1. The zero-order chi connectivity index (χ0) is 12.0. The van der Waals surface area contributed by atoms with E-state index in [0.29, 0.717) is 6.54 Å². The highest BCUT2D eigenvalue weighted by molar-refractivity contribution is 7.89. The minimum absolute atomic E-state index is 0.193. The Kier molecular flexibility index (Phi) is 5.30. The molecular formula is C12H21NO2S. The fraction of sp³-hybridized carbons (Fsp3) is 0.833. The molecule has 0 radical (unpaired) electrons. The van der Waals surface area contributed by atoms with Crippen LogP contribution in [0.4, 0.5) is 0 Å². The third-order valence-electron chi connectivity index (χ3n) is 3.07. The van der Waals surface area contributed by atoms with Crippen LogP contribution in [0.3, 0.4) is 0 Å². The zero-order valence-electron chi connectivity index (χ0n) is 9.98. The Labute approximate surface area is 99.3 Å². The highest BCUT2D eigenvalue weighted by atomic mass is 32.2. The summed E-state index contributed by atoms with van der Waals surface area (Å²) in [6.07, 6.45) is 10.9. The van der Waals surface area contributed by atoms with E-state index in [1.807, 2.05) is 6.92 Å². The van der Waals surface area contributed by atoms with Gasteiger partial charge in [-0.2, -0.15) is 4.31 Å². The molecule has 0 aromatic heterocycles. The molecule has 0 spiro atoms. The maximum absolute atomic E-state index is 12.3. The second-order valence-corrected chi connectivity index (χ2v) is 6.56. The van der Waals surface area contributed by atoms with E-state index in [-0.39, 0.29) is 11.8 Å². The van der Waals surface area contributed by atoms with Crippen LogP contribution < -0.4 is 0 Å². The monoisotopic (exact) mass is 243 g/mol. The molecule has 0 saturated heterocycles. The number of terminal acetylenes is 1. The lowest BCUT2D eigenvalue weighted by Crippen LogP contribution is -2.40. The molecular weight excluding hydrogens is 222 g/mol. The van der Waals surface area contributed by atoms with E-state index in [1.165, 1.54) is 4.31 Å². The lowest BCUT2D eigenvalue weighted by atomic mass is 10.0. The summed E-state index contributed by atoms with van der Waals surface area (Å²) in [6, 6.07) is 0. The molecule has 1 aliphatic rings. The first-order valence-electron chi connectivity index (χ1n) is 6.05. The third kappa shape index (κ3) is 3.23. The SMILES string of the molecule is C#CCN(CCC)S(=O)(=O)C1CCCCC1. The highest BCUT2D eigenvalue weighted by Gasteiger charge is 2.31. The van der Waals surface area contributed by atoms with Gasteiger partial charge in [-0.15, -0.1) is 6.42 Å². The first-order valence-corrected chi connectivity index (χ1v) is 7.55. The first kappa shape index (κ1) is 13.5. The van der Waals surface area contributed by atoms with Crippen LogP contribution in [-0.2, 0) is 10.0 Å². The summed E-state index contributed by atoms with van der Waals surface area (Å²) in [6.45, 7) is 2.73. The van der Waals surface area contributed by atoms with E-state index in [1.54, 1.807) is 0 Å². The molecule has 0 aromatic carbocycles. The predicted molar refractivity (Wildman–Crippen MR) is 66.5 cm³/mol. The van der Waals surface area contributed by atoms with Crippen molar-refractivity contribution in [3.05, 3.63) is 0 Å². The van der Waals surface area contributed by atoms with Crippen LogP contribution in [0, 0.1) is 12.3 Å². The zero-order valence-corrected chi connectivity index (χ0v) is 10.8. The Morgan fingerprint density at radius 3 is 2.44 bits per heavy atom. The standard InChI is InChI=1S/C12H21NO2S/c1-3-10-13(11-4-2)16(14,15)12-8-6-5-7-9-12/h1,12H,4-11H2,2H3. The van der Waals surface area contributed by atoms with Crippen LogP contribution in [0.15, 0.2) is 0 Å². The smallest absolute Gasteiger partial charge is 0.212 e. The summed E-state index contributed by atoms with van der Waals surface area (Å²) in [4.78, 5) is 0. The van der Waals surface area contributed by atoms with E-state index in [2.05, 4.69) is 5.92 Å². The van der Waals surface area contributed by atoms with Gasteiger partial charge in [0.05, 0.1) is 11.8 Å². The topological polar surface area (TPSA) is 37.4 Å². The molecule has 0 heterocycles. The number of rotatable bonds is 5. The van der Waals surface area contributed by atoms with E-state index < -0.39 is 10.0 Å². The lowest BCUT2D eigenvalue weighted by Gasteiger charge is -2.28. The molecule has 16 heavy (non-hydrogen) atoms. The average Bonchev–Trinajstić information content (AvgIpc) is 2.30. The van der Waals surface area contributed by atoms with E-state index >= 15 is 0 Å². The molecule has 3 nitrogen and oxygen atoms in total. The number of sulfonamides is 1. The van der Waals surface area contributed by atoms with Crippen LogP contribution in [0.1, 0.15) is 45.4 Å². The van der Waals surface area contributed by atoms with Gasteiger partial charge in [-0.25, -0.2) is 8.42 Å². The van der Waals surface area contributed by atoms with E-state index in [4.69, 9.17) is 6.42 Å². The van der Waals surface area contributed by atoms with Gasteiger partial charge in [-0.05, 0) is 19.3 Å². The molecule has 1 saturated carbocycles. The molecule has 0 aromatic rings. The van der Waals surface area contributed by atoms with Crippen molar-refractivity contribution < 1.29 is 8.42 Å². The van der Waals surface area contributed by atoms with Crippen molar-refractivity contribution >= 4 is 10.0 Å². The number of nitrogens with zero attached hydrogens (tertiary/aromatic N) is 1. The van der Waals surface area contributed by atoms with Gasteiger partial charge >= 0.3 is 0 Å². The van der Waals surface area contributed by atoms with Crippen molar-refractivity contribution in [1.29, 1.82) is 0 Å². The van der Waals surface area contributed by atoms with Gasteiger partial charge in [0.1, 0.15) is 0 Å². The summed E-state index contributed by atoms with van der Waals surface area (Å²) >= 11 is 0. The maximum atomic E-state index is 12.3. The summed E-state index contributed by atoms with van der Waals surface area (Å²) in [5, 5.41) is -0.193. The Balaban J connectivity index is 2.75. The van der Waals surface area contributed by atoms with Crippen molar-refractivity contribution in [3.8, 4) is 12.3 Å². The van der Waals surface area contributed by atoms with Crippen molar-refractivity contribution in [2.24, 2.45) is 0 Å². The fourth-order valence-electron chi connectivity index (χ4n) is 2.22. The first-order chi connectivity index (χ1) is 7.62. The summed E-state index contributed by atoms with van der Waals surface area (Å²) in [7, 11) is -3.16. The largest absolute Gasteiger partial charge is 0.217 e. The second-order valence-electron chi connectivity index (χ2n) is 4.34. The van der Waals surface area contributed by atoms with Crippen molar-refractivity contribution in [2.75, 3.05) is 13.1 Å². The molecule has 92 valence electrons. The van der Waals surface area contributed by atoms with Crippen molar-refractivity contribution in [1.82, 2.24) is 4.31 Å². The quantitative estimate of drug-likeness (QED) is 0.693. The lowest BCUT2D eigenvalue weighted by molar-refractivity contribution is 0.410. The van der Waals surface area contributed by atoms with Crippen LogP contribution >= 0.6 is 0 Å². The van der Waals surface area contributed by atoms with E-state index in [0.717, 1.165) is 38.5 Å². The van der Waals surface area contributed by atoms with Crippen molar-refractivity contribution in [3.63, 3.8) is 0 Å². The molecule has 1 rings (SSSR count). The molecule has 0 unspecified atom stereocenters. The second kappa shape index (κ2) is 6.27. The van der Waals surface area contributed by atoms with Gasteiger partial charge in [0, 0.05) is 6.54 Å². The molecule has 1 fully saturated rings. The average molecular weight is 243 g/mol. The maximum Gasteiger partial charge on any atom is 0.217 e. The van der Waals surface area contributed by atoms with Crippen LogP contribution in [-0.4, -0.2) is 31.1 Å². The predicted octanol–water partition coefficient (Wildman–Crippen LogP) is 1.99. The minimum Gasteiger partial charge on any atom is -0.212 e. The van der Waals surface area contributed by atoms with Gasteiger partial charge < -0.3 is 0 Å². The molecule has 0 N–H and O–H groups in total. The Morgan fingerprint density at radius 1 is 1.31 bits per heavy atom. The molecule has 0 aliphatic heterocycles. The third-order valence-corrected chi connectivity index (χ3v) is 5.42. The van der Waals surface area contributed by atoms with Gasteiger partial charge in [0.25, 0.3) is 0 Å². The Morgan fingerprint density at radius 2 is 1.94 bits per heavy atom. The number of hydrogen-bond acceptors (Lipinski definition) is 2. The van der Waals surface area contributed by atoms with Crippen LogP contribution in [0.2, 0.25) is 0 Å². The van der Waals surface area contributed by atoms with E-state index in [9.17, 15) is 8.42 Å². The minimum atomic E-state index is -3.16. The van der Waals surface area contributed by atoms with Crippen molar-refractivity contribution in [2.45, 2.75) is 50.7 Å². The Bertz CT molecular complexity index is 337. The summed E-state index contributed by atoms with van der Waals surface area (Å²) in [5.74, 6) is 2.44. The normalized spacial score (nSPS) is 18.6. The summed E-state index contributed by atoms with van der Waals surface area (Å²) in [5.41, 5.74) is 0. The number of hydrogen-bond donors (Lipinski definition) is 0. The fourth-order valence-corrected chi connectivity index (χ4v) is 4.26. The Hall–Kier alpha value is -0.530. The van der Waals surface area contributed by atoms with Gasteiger partial charge in [-0.1, -0.05) is 32.1 Å². The van der Waals surface area contributed by atoms with Gasteiger partial charge in [0.15, 0.2) is 0 Å². The van der Waals surface area contributed by atoms with Crippen LogP contribution in [0.5, 0.6) is 0 Å². The van der Waals surface area contributed by atoms with Gasteiger partial charge in [-0.3, -0.25) is 0 Å². The molecule has 0 amide bonds. The molecule has 0 bridgehead atoms. The molecule has 4 heteroatoms. The molecule has 1 aliphatic carbocycles. The van der Waals surface area contributed by atoms with Crippen LogP contribution in [0.25, 0.3) is 0 Å².